The van der Waals surface area contributed by atoms with E-state index < -0.39 is 17.3 Å². The van der Waals surface area contributed by atoms with Crippen molar-refractivity contribution in [3.63, 3.8) is 0 Å². The fourth-order valence-corrected chi connectivity index (χ4v) is 2.23. The molecule has 106 valence electrons. The second kappa shape index (κ2) is 6.98. The van der Waals surface area contributed by atoms with Crippen molar-refractivity contribution in [2.75, 3.05) is 20.3 Å². The maximum Gasteiger partial charge on any atom is 0.251 e. The molecule has 0 saturated heterocycles. The Morgan fingerprint density at radius 2 is 2.21 bits per heavy atom. The van der Waals surface area contributed by atoms with E-state index >= 15 is 0 Å². The molecule has 1 unspecified atom stereocenters. The molecule has 1 amide bonds. The Bertz CT molecular complexity index is 427. The number of nitrogens with one attached hydrogen (secondary N) is 1. The fraction of sp³-hybridized carbons (Fsp3) is 0.462. The Balaban J connectivity index is 2.87. The van der Waals surface area contributed by atoms with Crippen LogP contribution in [0.4, 0.5) is 4.39 Å². The van der Waals surface area contributed by atoms with Crippen molar-refractivity contribution in [2.24, 2.45) is 0 Å². The summed E-state index contributed by atoms with van der Waals surface area (Å²) in [7, 11) is 1.51. The van der Waals surface area contributed by atoms with Gasteiger partial charge in [0.25, 0.3) is 5.91 Å². The number of hydrogen-bond acceptors (Lipinski definition) is 3. The van der Waals surface area contributed by atoms with E-state index in [-0.39, 0.29) is 18.8 Å². The smallest absolute Gasteiger partial charge is 0.251 e. The Kier molecular flexibility index (Phi) is 5.90. The second-order valence-electron chi connectivity index (χ2n) is 4.58. The van der Waals surface area contributed by atoms with Crippen LogP contribution in [0.5, 0.6) is 0 Å². The van der Waals surface area contributed by atoms with Crippen LogP contribution in [0.25, 0.3) is 0 Å². The van der Waals surface area contributed by atoms with Crippen LogP contribution in [0.15, 0.2) is 22.7 Å². The van der Waals surface area contributed by atoms with Crippen LogP contribution >= 0.6 is 15.9 Å². The number of methoxy groups -OCH3 is 1. The van der Waals surface area contributed by atoms with E-state index in [0.717, 1.165) is 6.07 Å². The predicted octanol–water partition coefficient (Wildman–Crippen LogP) is 2.11. The van der Waals surface area contributed by atoms with E-state index in [2.05, 4.69) is 21.2 Å². The van der Waals surface area contributed by atoms with Gasteiger partial charge in [0.15, 0.2) is 0 Å². The van der Waals surface area contributed by atoms with Crippen LogP contribution in [0.1, 0.15) is 23.7 Å². The number of aliphatic hydroxyl groups is 1. The molecule has 2 N–H and O–H groups in total. The number of carbonyl (C=O) groups excluding carboxylic acids is 1. The molecule has 1 atom stereocenters. The molecule has 6 heteroatoms. The molecule has 19 heavy (non-hydrogen) atoms. The zero-order chi connectivity index (χ0) is 14.5. The van der Waals surface area contributed by atoms with Crippen LogP contribution in [0, 0.1) is 5.82 Å². The number of benzene rings is 1. The minimum atomic E-state index is -0.695. The summed E-state index contributed by atoms with van der Waals surface area (Å²) in [4.78, 5) is 12.1. The predicted molar refractivity (Wildman–Crippen MR) is 73.6 cm³/mol. The van der Waals surface area contributed by atoms with E-state index in [9.17, 15) is 9.18 Å². The van der Waals surface area contributed by atoms with Gasteiger partial charge in [-0.05, 0) is 31.5 Å². The van der Waals surface area contributed by atoms with Crippen molar-refractivity contribution in [3.8, 4) is 0 Å². The molecule has 0 aliphatic rings. The first kappa shape index (κ1) is 16.1. The number of halogens is 2. The summed E-state index contributed by atoms with van der Waals surface area (Å²) < 4.78 is 18.8. The lowest BCUT2D eigenvalue weighted by Crippen LogP contribution is -2.50. The standard InChI is InChI=1S/C13H17BrFNO3/c1-13(3-4-17,8-19-2)16-12(18)9-5-10(14)7-11(15)6-9/h5-7,17H,3-4,8H2,1-2H3,(H,16,18). The van der Waals surface area contributed by atoms with Crippen molar-refractivity contribution in [3.05, 3.63) is 34.1 Å². The lowest BCUT2D eigenvalue weighted by atomic mass is 9.98. The average Bonchev–Trinajstić information content (AvgIpc) is 2.27. The highest BCUT2D eigenvalue weighted by Gasteiger charge is 2.26. The molecular formula is C13H17BrFNO3. The first-order valence-corrected chi connectivity index (χ1v) is 6.58. The molecule has 0 aliphatic carbocycles. The number of amides is 1. The Morgan fingerprint density at radius 1 is 1.53 bits per heavy atom. The van der Waals surface area contributed by atoms with E-state index in [0.29, 0.717) is 10.9 Å². The topological polar surface area (TPSA) is 58.6 Å². The van der Waals surface area contributed by atoms with Crippen molar-refractivity contribution >= 4 is 21.8 Å². The molecule has 4 nitrogen and oxygen atoms in total. The highest BCUT2D eigenvalue weighted by atomic mass is 79.9. The van der Waals surface area contributed by atoms with Gasteiger partial charge in [-0.2, -0.15) is 0 Å². The van der Waals surface area contributed by atoms with Crippen LogP contribution in [0.2, 0.25) is 0 Å². The molecular weight excluding hydrogens is 317 g/mol. The molecule has 1 aromatic carbocycles. The first-order valence-electron chi connectivity index (χ1n) is 5.78. The van der Waals surface area contributed by atoms with E-state index in [1.165, 1.54) is 19.2 Å². The monoisotopic (exact) mass is 333 g/mol. The zero-order valence-corrected chi connectivity index (χ0v) is 12.5. The third-order valence-corrected chi connectivity index (χ3v) is 3.12. The quantitative estimate of drug-likeness (QED) is 0.838. The third-order valence-electron chi connectivity index (χ3n) is 2.67. The van der Waals surface area contributed by atoms with E-state index in [1.807, 2.05) is 0 Å². The fourth-order valence-electron chi connectivity index (χ4n) is 1.77. The lowest BCUT2D eigenvalue weighted by molar-refractivity contribution is 0.0725. The van der Waals surface area contributed by atoms with Gasteiger partial charge >= 0.3 is 0 Å². The van der Waals surface area contributed by atoms with Gasteiger partial charge in [-0.1, -0.05) is 15.9 Å². The molecule has 1 aromatic rings. The van der Waals surface area contributed by atoms with Crippen LogP contribution in [0.3, 0.4) is 0 Å². The van der Waals surface area contributed by atoms with Gasteiger partial charge in [-0.15, -0.1) is 0 Å². The van der Waals surface area contributed by atoms with Gasteiger partial charge in [0.2, 0.25) is 0 Å². The van der Waals surface area contributed by atoms with Gasteiger partial charge in [0.1, 0.15) is 5.82 Å². The minimum absolute atomic E-state index is 0.0764. The molecule has 0 aliphatic heterocycles. The third kappa shape index (κ3) is 4.89. The van der Waals surface area contributed by atoms with Gasteiger partial charge in [0, 0.05) is 23.8 Å². The summed E-state index contributed by atoms with van der Waals surface area (Å²) in [6.45, 7) is 1.95. The van der Waals surface area contributed by atoms with E-state index in [1.54, 1.807) is 6.92 Å². The van der Waals surface area contributed by atoms with Crippen molar-refractivity contribution in [2.45, 2.75) is 18.9 Å². The number of ether oxygens (including phenoxy) is 1. The first-order chi connectivity index (χ1) is 8.90. The number of carbonyl (C=O) groups is 1. The molecule has 0 fully saturated rings. The molecule has 0 bridgehead atoms. The van der Waals surface area contributed by atoms with Crippen LogP contribution < -0.4 is 5.32 Å². The molecule has 0 saturated carbocycles. The summed E-state index contributed by atoms with van der Waals surface area (Å²) in [6, 6.07) is 3.97. The maximum atomic E-state index is 13.2. The minimum Gasteiger partial charge on any atom is -0.396 e. The Hall–Kier alpha value is -0.980. The number of rotatable bonds is 6. The SMILES string of the molecule is COCC(C)(CCO)NC(=O)c1cc(F)cc(Br)c1. The Labute approximate surface area is 120 Å². The lowest BCUT2D eigenvalue weighted by Gasteiger charge is -2.29. The summed E-state index contributed by atoms with van der Waals surface area (Å²) >= 11 is 3.14. The summed E-state index contributed by atoms with van der Waals surface area (Å²) in [5, 5.41) is 11.8. The van der Waals surface area contributed by atoms with Gasteiger partial charge in [0.05, 0.1) is 12.1 Å². The normalized spacial score (nSPS) is 13.9. The highest BCUT2D eigenvalue weighted by Crippen LogP contribution is 2.17. The van der Waals surface area contributed by atoms with Gasteiger partial charge in [-0.25, -0.2) is 4.39 Å². The molecule has 0 aromatic heterocycles. The van der Waals surface area contributed by atoms with Crippen LogP contribution in [-0.4, -0.2) is 36.9 Å². The van der Waals surface area contributed by atoms with Gasteiger partial charge in [-0.3, -0.25) is 4.79 Å². The summed E-state index contributed by atoms with van der Waals surface area (Å²) in [5.74, 6) is -0.900. The van der Waals surface area contributed by atoms with Gasteiger partial charge < -0.3 is 15.2 Å². The maximum absolute atomic E-state index is 13.2. The zero-order valence-electron chi connectivity index (χ0n) is 10.9. The number of aliphatic hydroxyl groups excluding tert-OH is 1. The van der Waals surface area contributed by atoms with Crippen LogP contribution in [-0.2, 0) is 4.74 Å². The van der Waals surface area contributed by atoms with Crippen molar-refractivity contribution < 1.29 is 19.0 Å². The van der Waals surface area contributed by atoms with Crippen molar-refractivity contribution in [1.29, 1.82) is 0 Å². The molecule has 0 heterocycles. The highest BCUT2D eigenvalue weighted by molar-refractivity contribution is 9.10. The average molecular weight is 334 g/mol. The number of hydrogen-bond donors (Lipinski definition) is 2. The second-order valence-corrected chi connectivity index (χ2v) is 5.50. The molecule has 0 spiro atoms. The largest absolute Gasteiger partial charge is 0.396 e. The summed E-state index contributed by atoms with van der Waals surface area (Å²) in [5.41, 5.74) is -0.480. The van der Waals surface area contributed by atoms with Crippen molar-refractivity contribution in [1.82, 2.24) is 5.32 Å². The Morgan fingerprint density at radius 3 is 2.74 bits per heavy atom. The summed E-state index contributed by atoms with van der Waals surface area (Å²) in [6.07, 6.45) is 0.350. The molecule has 0 radical (unpaired) electrons. The molecule has 1 rings (SSSR count). The van der Waals surface area contributed by atoms with E-state index in [4.69, 9.17) is 9.84 Å².